The van der Waals surface area contributed by atoms with E-state index in [2.05, 4.69) is 46.7 Å². The van der Waals surface area contributed by atoms with Gasteiger partial charge in [0.15, 0.2) is 0 Å². The predicted molar refractivity (Wildman–Crippen MR) is 89.7 cm³/mol. The molecule has 0 saturated heterocycles. The number of fused-ring (bicyclic) bond motifs is 1. The molecular formula is C19H19N3O. The number of hydrogen-bond donors (Lipinski definition) is 1. The van der Waals surface area contributed by atoms with E-state index in [0.717, 1.165) is 31.0 Å². The molecule has 0 amide bonds. The SMILES string of the molecule is c1ccc2c(c1)OCC[C@@H]2NCc1ccc(-n2ccnc2)cc1. The molecule has 0 spiro atoms. The number of benzene rings is 2. The highest BCUT2D eigenvalue weighted by Gasteiger charge is 2.20. The van der Waals surface area contributed by atoms with Gasteiger partial charge in [-0.2, -0.15) is 0 Å². The fourth-order valence-electron chi connectivity index (χ4n) is 2.99. The molecule has 3 aromatic rings. The van der Waals surface area contributed by atoms with Gasteiger partial charge in [-0.05, 0) is 23.8 Å². The maximum atomic E-state index is 5.71. The van der Waals surface area contributed by atoms with Gasteiger partial charge in [0.25, 0.3) is 0 Å². The number of hydrogen-bond acceptors (Lipinski definition) is 3. The molecule has 0 aliphatic carbocycles. The van der Waals surface area contributed by atoms with Crippen molar-refractivity contribution < 1.29 is 4.74 Å². The van der Waals surface area contributed by atoms with Gasteiger partial charge in [-0.1, -0.05) is 30.3 Å². The highest BCUT2D eigenvalue weighted by Crippen LogP contribution is 2.31. The zero-order chi connectivity index (χ0) is 15.5. The van der Waals surface area contributed by atoms with Crippen LogP contribution in [0.4, 0.5) is 0 Å². The molecule has 1 aromatic heterocycles. The lowest BCUT2D eigenvalue weighted by atomic mass is 10.0. The zero-order valence-corrected chi connectivity index (χ0v) is 12.9. The normalized spacial score (nSPS) is 16.6. The molecule has 4 nitrogen and oxygen atoms in total. The minimum atomic E-state index is 0.355. The number of ether oxygens (including phenoxy) is 1. The second-order valence-electron chi connectivity index (χ2n) is 5.74. The lowest BCUT2D eigenvalue weighted by molar-refractivity contribution is 0.252. The van der Waals surface area contributed by atoms with Gasteiger partial charge in [0, 0.05) is 42.7 Å². The second-order valence-corrected chi connectivity index (χ2v) is 5.74. The Bertz CT molecular complexity index is 766. The first kappa shape index (κ1) is 14.0. The zero-order valence-electron chi connectivity index (χ0n) is 12.9. The number of rotatable bonds is 4. The minimum absolute atomic E-state index is 0.355. The predicted octanol–water partition coefficient (Wildman–Crippen LogP) is 3.49. The van der Waals surface area contributed by atoms with E-state index in [1.54, 1.807) is 6.20 Å². The molecular weight excluding hydrogens is 286 g/mol. The van der Waals surface area contributed by atoms with Gasteiger partial charge in [-0.15, -0.1) is 0 Å². The number of aromatic nitrogens is 2. The number of imidazole rings is 1. The summed E-state index contributed by atoms with van der Waals surface area (Å²) in [6, 6.07) is 17.2. The summed E-state index contributed by atoms with van der Waals surface area (Å²) in [6.45, 7) is 1.62. The van der Waals surface area contributed by atoms with Crippen molar-refractivity contribution >= 4 is 0 Å². The van der Waals surface area contributed by atoms with Gasteiger partial charge < -0.3 is 14.6 Å². The van der Waals surface area contributed by atoms with Crippen LogP contribution in [-0.2, 0) is 6.54 Å². The number of para-hydroxylation sites is 1. The summed E-state index contributed by atoms with van der Waals surface area (Å²) in [5, 5.41) is 3.65. The first-order valence-electron chi connectivity index (χ1n) is 7.92. The van der Waals surface area contributed by atoms with Gasteiger partial charge in [0.05, 0.1) is 12.9 Å². The van der Waals surface area contributed by atoms with E-state index in [0.29, 0.717) is 6.04 Å². The van der Waals surface area contributed by atoms with Crippen molar-refractivity contribution in [2.24, 2.45) is 0 Å². The maximum absolute atomic E-state index is 5.71. The first-order chi connectivity index (χ1) is 11.4. The molecule has 0 bridgehead atoms. The van der Waals surface area contributed by atoms with E-state index in [1.807, 2.05) is 29.2 Å². The van der Waals surface area contributed by atoms with Crippen molar-refractivity contribution in [1.29, 1.82) is 0 Å². The third kappa shape index (κ3) is 2.98. The van der Waals surface area contributed by atoms with Crippen LogP contribution in [0.2, 0.25) is 0 Å². The second kappa shape index (κ2) is 6.26. The summed E-state index contributed by atoms with van der Waals surface area (Å²) < 4.78 is 7.72. The van der Waals surface area contributed by atoms with Crippen LogP contribution < -0.4 is 10.1 Å². The summed E-state index contributed by atoms with van der Waals surface area (Å²) >= 11 is 0. The summed E-state index contributed by atoms with van der Waals surface area (Å²) in [5.41, 5.74) is 3.66. The molecule has 0 unspecified atom stereocenters. The Morgan fingerprint density at radius 3 is 2.83 bits per heavy atom. The van der Waals surface area contributed by atoms with Crippen LogP contribution in [0.5, 0.6) is 5.75 Å². The lowest BCUT2D eigenvalue weighted by Crippen LogP contribution is -2.26. The van der Waals surface area contributed by atoms with Crippen LogP contribution >= 0.6 is 0 Å². The van der Waals surface area contributed by atoms with Gasteiger partial charge in [-0.3, -0.25) is 0 Å². The monoisotopic (exact) mass is 305 g/mol. The van der Waals surface area contributed by atoms with E-state index in [4.69, 9.17) is 4.74 Å². The molecule has 0 radical (unpaired) electrons. The largest absolute Gasteiger partial charge is 0.493 e. The smallest absolute Gasteiger partial charge is 0.124 e. The van der Waals surface area contributed by atoms with Crippen molar-refractivity contribution in [3.05, 3.63) is 78.4 Å². The summed E-state index contributed by atoms with van der Waals surface area (Å²) in [4.78, 5) is 4.08. The fourth-order valence-corrected chi connectivity index (χ4v) is 2.99. The van der Waals surface area contributed by atoms with Crippen LogP contribution in [0.25, 0.3) is 5.69 Å². The molecule has 0 fully saturated rings. The van der Waals surface area contributed by atoms with Gasteiger partial charge >= 0.3 is 0 Å². The average Bonchev–Trinajstić information content (AvgIpc) is 3.15. The Labute approximate surface area is 135 Å². The minimum Gasteiger partial charge on any atom is -0.493 e. The number of nitrogens with one attached hydrogen (secondary N) is 1. The van der Waals surface area contributed by atoms with Crippen LogP contribution in [0.3, 0.4) is 0 Å². The molecule has 2 aromatic carbocycles. The Kier molecular flexibility index (Phi) is 3.82. The van der Waals surface area contributed by atoms with Crippen molar-refractivity contribution in [3.63, 3.8) is 0 Å². The van der Waals surface area contributed by atoms with Gasteiger partial charge in [0.2, 0.25) is 0 Å². The maximum Gasteiger partial charge on any atom is 0.124 e. The Hall–Kier alpha value is -2.59. The van der Waals surface area contributed by atoms with Gasteiger partial charge in [0.1, 0.15) is 5.75 Å². The van der Waals surface area contributed by atoms with Crippen molar-refractivity contribution in [2.75, 3.05) is 6.61 Å². The van der Waals surface area contributed by atoms with E-state index < -0.39 is 0 Å². The molecule has 2 heterocycles. The highest BCUT2D eigenvalue weighted by molar-refractivity contribution is 5.38. The fraction of sp³-hybridized carbons (Fsp3) is 0.211. The quantitative estimate of drug-likeness (QED) is 0.802. The highest BCUT2D eigenvalue weighted by atomic mass is 16.5. The van der Waals surface area contributed by atoms with Crippen molar-refractivity contribution in [2.45, 2.75) is 19.0 Å². The van der Waals surface area contributed by atoms with Crippen LogP contribution in [0.1, 0.15) is 23.6 Å². The van der Waals surface area contributed by atoms with E-state index >= 15 is 0 Å². The summed E-state index contributed by atoms with van der Waals surface area (Å²) in [5.74, 6) is 1.01. The Morgan fingerprint density at radius 1 is 1.13 bits per heavy atom. The molecule has 0 saturated carbocycles. The van der Waals surface area contributed by atoms with Gasteiger partial charge in [-0.25, -0.2) is 4.98 Å². The summed E-state index contributed by atoms with van der Waals surface area (Å²) in [7, 11) is 0. The van der Waals surface area contributed by atoms with Crippen LogP contribution in [-0.4, -0.2) is 16.2 Å². The summed E-state index contributed by atoms with van der Waals surface area (Å²) in [6.07, 6.45) is 6.56. The van der Waals surface area contributed by atoms with E-state index in [-0.39, 0.29) is 0 Å². The van der Waals surface area contributed by atoms with Crippen LogP contribution in [0.15, 0.2) is 67.3 Å². The van der Waals surface area contributed by atoms with Crippen molar-refractivity contribution in [3.8, 4) is 11.4 Å². The standard InChI is InChI=1S/C19H19N3O/c1-2-4-19-17(3-1)18(9-12-23-19)21-13-15-5-7-16(8-6-15)22-11-10-20-14-22/h1-8,10-11,14,18,21H,9,12-13H2/t18-/m0/s1. The average molecular weight is 305 g/mol. The topological polar surface area (TPSA) is 39.1 Å². The molecule has 1 N–H and O–H groups in total. The molecule has 4 rings (SSSR count). The molecule has 4 heteroatoms. The third-order valence-corrected chi connectivity index (χ3v) is 4.25. The molecule has 116 valence electrons. The lowest BCUT2D eigenvalue weighted by Gasteiger charge is -2.26. The van der Waals surface area contributed by atoms with E-state index in [9.17, 15) is 0 Å². The first-order valence-corrected chi connectivity index (χ1v) is 7.92. The number of nitrogens with zero attached hydrogens (tertiary/aromatic N) is 2. The molecule has 1 aliphatic heterocycles. The molecule has 1 atom stereocenters. The third-order valence-electron chi connectivity index (χ3n) is 4.25. The van der Waals surface area contributed by atoms with Crippen molar-refractivity contribution in [1.82, 2.24) is 14.9 Å². The van der Waals surface area contributed by atoms with Crippen LogP contribution in [0, 0.1) is 0 Å². The Balaban J connectivity index is 1.44. The Morgan fingerprint density at radius 2 is 2.00 bits per heavy atom. The van der Waals surface area contributed by atoms with E-state index in [1.165, 1.54) is 11.1 Å². The molecule has 1 aliphatic rings. The molecule has 23 heavy (non-hydrogen) atoms.